The van der Waals surface area contributed by atoms with Crippen LogP contribution in [0.25, 0.3) is 0 Å². The Morgan fingerprint density at radius 1 is 1.29 bits per heavy atom. The molecule has 1 saturated carbocycles. The molecule has 4 atom stereocenters. The van der Waals surface area contributed by atoms with Gasteiger partial charge >= 0.3 is 163 Å². The summed E-state index contributed by atoms with van der Waals surface area (Å²) in [4.78, 5) is 13.3. The van der Waals surface area contributed by atoms with Crippen LogP contribution in [-0.2, 0) is 22.2 Å². The van der Waals surface area contributed by atoms with E-state index in [1.165, 1.54) is 18.4 Å². The van der Waals surface area contributed by atoms with Crippen LogP contribution >= 0.6 is 9.39 Å². The molecule has 0 radical (unpaired) electrons. The minimum atomic E-state index is -1.37. The number of Topliss-reactive ketones (excluding diaryl/α,β-unsaturated/α-hetero) is 1. The fourth-order valence-corrected chi connectivity index (χ4v) is 5.35. The first-order chi connectivity index (χ1) is 13.5. The Labute approximate surface area is 169 Å². The summed E-state index contributed by atoms with van der Waals surface area (Å²) in [5.74, 6) is 0.964. The molecule has 2 aliphatic carbocycles. The number of benzene rings is 2. The summed E-state index contributed by atoms with van der Waals surface area (Å²) in [6.07, 6.45) is 3.63. The summed E-state index contributed by atoms with van der Waals surface area (Å²) in [6.45, 7) is 2.16. The molecule has 6 heteroatoms. The fraction of sp³-hybridized carbons (Fsp3) is 0.409. The zero-order chi connectivity index (χ0) is 19.8. The van der Waals surface area contributed by atoms with Gasteiger partial charge in [0, 0.05) is 0 Å². The van der Waals surface area contributed by atoms with E-state index >= 15 is 0 Å². The van der Waals surface area contributed by atoms with Crippen molar-refractivity contribution in [3.05, 3.63) is 65.2 Å². The molecule has 1 fully saturated rings. The van der Waals surface area contributed by atoms with Gasteiger partial charge in [-0.25, -0.2) is 0 Å². The van der Waals surface area contributed by atoms with Crippen molar-refractivity contribution in [1.29, 1.82) is 0 Å². The van der Waals surface area contributed by atoms with E-state index in [9.17, 15) is 9.90 Å². The molecule has 1 N–H and O–H groups in total. The Balaban J connectivity index is 1.72. The molecule has 144 valence electrons. The molecule has 0 saturated heterocycles. The second-order valence-corrected chi connectivity index (χ2v) is 8.27. The van der Waals surface area contributed by atoms with Crippen LogP contribution in [0.2, 0.25) is 0 Å². The third-order valence-corrected chi connectivity index (χ3v) is 6.89. The molecule has 28 heavy (non-hydrogen) atoms. The number of hydrogen-bond acceptors (Lipinski definition) is 4. The van der Waals surface area contributed by atoms with E-state index in [0.717, 1.165) is 30.6 Å². The maximum absolute atomic E-state index is 13.3. The Bertz CT molecular complexity index is 919. The van der Waals surface area contributed by atoms with Gasteiger partial charge in [0.25, 0.3) is 0 Å². The van der Waals surface area contributed by atoms with E-state index in [-0.39, 0.29) is 17.1 Å². The normalized spacial score (nSPS) is 29.1. The molecule has 4 rings (SSSR count). The fourth-order valence-electron chi connectivity index (χ4n) is 5.29. The summed E-state index contributed by atoms with van der Waals surface area (Å²) < 4.78 is 9.31. The zero-order valence-corrected chi connectivity index (χ0v) is 17.3. The molecule has 0 spiro atoms. The van der Waals surface area contributed by atoms with Gasteiger partial charge in [0.1, 0.15) is 0 Å². The van der Waals surface area contributed by atoms with Crippen LogP contribution in [0, 0.1) is 5.92 Å². The molecule has 0 aliphatic heterocycles. The second kappa shape index (κ2) is 7.53. The van der Waals surface area contributed by atoms with Crippen molar-refractivity contribution in [1.82, 2.24) is 0 Å². The Kier molecular flexibility index (Phi) is 5.24. The molecule has 0 aromatic heterocycles. The van der Waals surface area contributed by atoms with Gasteiger partial charge in [-0.15, -0.1) is 0 Å². The predicted octanol–water partition coefficient (Wildman–Crippen LogP) is 4.12. The van der Waals surface area contributed by atoms with Crippen molar-refractivity contribution in [2.45, 2.75) is 50.0 Å². The molecule has 4 nitrogen and oxygen atoms in total. The second-order valence-electron chi connectivity index (χ2n) is 7.97. The topological polar surface area (TPSA) is 58.9 Å². The van der Waals surface area contributed by atoms with Gasteiger partial charge < -0.3 is 0 Å². The molecule has 2 aromatic carbocycles. The number of hydrogen-bond donors (Lipinski definition) is 1. The molecule has 0 bridgehead atoms. The Morgan fingerprint density at radius 2 is 2.07 bits per heavy atom. The Morgan fingerprint density at radius 3 is 2.79 bits per heavy atom. The molecule has 0 amide bonds. The van der Waals surface area contributed by atoms with Gasteiger partial charge in [-0.1, -0.05) is 6.07 Å². The molecular formula is C22H25BNO3P. The standard InChI is InChI=1S/C22H25BNO3P/c1-2-21-14-20(25)22(26,16-6-4-3-5-7-16)13-17(21)9-8-15-12-18(27-23-24-28)10-11-19(15)21/h3-7,10-12,17,26H,2,8-9,13-14,28H2,1H3/t17-,21-,22-/m1/s1. The van der Waals surface area contributed by atoms with Gasteiger partial charge in [-0.05, 0) is 0 Å². The van der Waals surface area contributed by atoms with Crippen LogP contribution < -0.4 is 4.65 Å². The van der Waals surface area contributed by atoms with Gasteiger partial charge in [0.05, 0.1) is 0 Å². The number of aliphatic hydroxyl groups is 1. The van der Waals surface area contributed by atoms with Crippen molar-refractivity contribution in [2.75, 3.05) is 0 Å². The van der Waals surface area contributed by atoms with Crippen molar-refractivity contribution in [2.24, 2.45) is 10.6 Å². The van der Waals surface area contributed by atoms with E-state index in [0.29, 0.717) is 12.8 Å². The maximum atomic E-state index is 13.3. The first-order valence-corrected chi connectivity index (χ1v) is 10.4. The predicted molar refractivity (Wildman–Crippen MR) is 113 cm³/mol. The van der Waals surface area contributed by atoms with E-state index in [2.05, 4.69) is 33.1 Å². The molecule has 2 aromatic rings. The number of fused-ring (bicyclic) bond motifs is 3. The quantitative estimate of drug-likeness (QED) is 0.628. The number of nitrogens with zero attached hydrogens (tertiary/aromatic N) is 1. The van der Waals surface area contributed by atoms with Crippen molar-refractivity contribution < 1.29 is 14.6 Å². The van der Waals surface area contributed by atoms with E-state index in [1.54, 1.807) is 0 Å². The number of carbonyl (C=O) groups excluding carboxylic acids is 1. The van der Waals surface area contributed by atoms with Crippen LogP contribution in [0.1, 0.15) is 49.3 Å². The first-order valence-electron chi connectivity index (χ1n) is 9.86. The van der Waals surface area contributed by atoms with Crippen LogP contribution in [0.3, 0.4) is 0 Å². The zero-order valence-electron chi connectivity index (χ0n) is 16.1. The third kappa shape index (κ3) is 3.05. The number of ketones is 1. The van der Waals surface area contributed by atoms with Crippen LogP contribution in [0.4, 0.5) is 0 Å². The number of carbonyl (C=O) groups is 1. The van der Waals surface area contributed by atoms with Gasteiger partial charge in [-0.3, -0.25) is 0 Å². The van der Waals surface area contributed by atoms with Crippen LogP contribution in [0.15, 0.2) is 53.2 Å². The minimum absolute atomic E-state index is 0.0693. The van der Waals surface area contributed by atoms with Gasteiger partial charge in [0.15, 0.2) is 0 Å². The first kappa shape index (κ1) is 19.5. The molecule has 0 heterocycles. The number of rotatable bonds is 4. The molecule has 2 aliphatic rings. The van der Waals surface area contributed by atoms with Crippen LogP contribution in [0.5, 0.6) is 5.75 Å². The summed E-state index contributed by atoms with van der Waals surface area (Å²) in [5.41, 5.74) is 1.62. The van der Waals surface area contributed by atoms with E-state index in [1.807, 2.05) is 36.4 Å². The van der Waals surface area contributed by atoms with Crippen molar-refractivity contribution >= 4 is 22.4 Å². The Hall–Kier alpha value is -1.84. The van der Waals surface area contributed by atoms with Gasteiger partial charge in [0.2, 0.25) is 0 Å². The number of aryl methyl sites for hydroxylation is 1. The monoisotopic (exact) mass is 393 g/mol. The summed E-state index contributed by atoms with van der Waals surface area (Å²) in [6, 6.07) is 15.5. The van der Waals surface area contributed by atoms with Crippen molar-refractivity contribution in [3.63, 3.8) is 0 Å². The van der Waals surface area contributed by atoms with Crippen molar-refractivity contribution in [3.8, 4) is 5.75 Å². The summed E-state index contributed by atoms with van der Waals surface area (Å²) in [5, 5.41) is 11.4. The summed E-state index contributed by atoms with van der Waals surface area (Å²) >= 11 is 0. The van der Waals surface area contributed by atoms with Gasteiger partial charge in [-0.2, -0.15) is 0 Å². The average molecular weight is 393 g/mol. The summed E-state index contributed by atoms with van der Waals surface area (Å²) in [7, 11) is 3.65. The van der Waals surface area contributed by atoms with Crippen LogP contribution in [-0.4, -0.2) is 18.2 Å². The molecule has 1 unspecified atom stereocenters. The third-order valence-electron chi connectivity index (χ3n) is 6.77. The average Bonchev–Trinajstić information content (AvgIpc) is 2.73. The molecular weight excluding hydrogens is 368 g/mol. The SMILES string of the molecule is CC[C@@]12CC(=O)[C@](O)(c3ccccc3)C[C@H]1CCc1cc(OB=NP)ccc12. The van der Waals surface area contributed by atoms with E-state index in [4.69, 9.17) is 4.65 Å². The van der Waals surface area contributed by atoms with E-state index < -0.39 is 5.60 Å².